The van der Waals surface area contributed by atoms with Crippen molar-refractivity contribution in [2.45, 2.75) is 31.7 Å². The lowest BCUT2D eigenvalue weighted by Crippen LogP contribution is -2.48. The number of hydrogen-bond donors (Lipinski definition) is 0. The van der Waals surface area contributed by atoms with Crippen molar-refractivity contribution in [2.24, 2.45) is 0 Å². The maximum absolute atomic E-state index is 12.9. The number of rotatable bonds is 4. The van der Waals surface area contributed by atoms with Gasteiger partial charge in [0.25, 0.3) is 5.91 Å². The quantitative estimate of drug-likeness (QED) is 0.832. The zero-order valence-corrected chi connectivity index (χ0v) is 15.0. The Hall–Kier alpha value is -1.97. The van der Waals surface area contributed by atoms with Crippen molar-refractivity contribution in [3.8, 4) is 6.07 Å². The van der Waals surface area contributed by atoms with Crippen molar-refractivity contribution in [1.29, 1.82) is 5.26 Å². The molecule has 1 atom stereocenters. The number of carbonyl (C=O) groups is 1. The minimum atomic E-state index is 0.0556. The largest absolute Gasteiger partial charge is 0.336 e. The summed E-state index contributed by atoms with van der Waals surface area (Å²) in [5, 5.41) is 8.85. The number of likely N-dealkylation sites (tertiary alicyclic amines) is 1. The fraction of sp³-hybridized carbons (Fsp3) is 0.632. The molecule has 1 amide bonds. The van der Waals surface area contributed by atoms with Gasteiger partial charge >= 0.3 is 0 Å². The van der Waals surface area contributed by atoms with Crippen molar-refractivity contribution in [1.82, 2.24) is 19.7 Å². The van der Waals surface area contributed by atoms with E-state index < -0.39 is 0 Å². The molecule has 134 valence electrons. The van der Waals surface area contributed by atoms with Crippen molar-refractivity contribution in [3.63, 3.8) is 0 Å². The molecule has 2 saturated heterocycles. The van der Waals surface area contributed by atoms with Gasteiger partial charge in [0.15, 0.2) is 0 Å². The molecular formula is C19H27N5O. The maximum atomic E-state index is 12.9. The van der Waals surface area contributed by atoms with E-state index in [1.54, 1.807) is 12.1 Å². The number of carbonyl (C=O) groups excluding carboxylic acids is 1. The lowest BCUT2D eigenvalue weighted by molar-refractivity contribution is 0.0569. The van der Waals surface area contributed by atoms with Crippen LogP contribution >= 0.6 is 0 Å². The number of aromatic nitrogens is 1. The van der Waals surface area contributed by atoms with Gasteiger partial charge in [-0.2, -0.15) is 5.26 Å². The number of nitrogens with zero attached hydrogens (tertiary/aromatic N) is 5. The zero-order chi connectivity index (χ0) is 17.6. The zero-order valence-electron chi connectivity index (χ0n) is 15.0. The Bertz CT molecular complexity index is 616. The SMILES string of the molecule is CN1CCN(CC[C@@H]2CCCCN2C(=O)c2ccc(C#N)nc2)CC1. The molecule has 0 bridgehead atoms. The lowest BCUT2D eigenvalue weighted by atomic mass is 9.98. The van der Waals surface area contributed by atoms with E-state index in [1.165, 1.54) is 12.6 Å². The van der Waals surface area contributed by atoms with Crippen LogP contribution in [0.3, 0.4) is 0 Å². The van der Waals surface area contributed by atoms with Gasteiger partial charge in [-0.1, -0.05) is 0 Å². The second-order valence-corrected chi connectivity index (χ2v) is 7.13. The third-order valence-electron chi connectivity index (χ3n) is 5.39. The van der Waals surface area contributed by atoms with Gasteiger partial charge in [-0.3, -0.25) is 4.79 Å². The molecule has 1 aromatic rings. The summed E-state index contributed by atoms with van der Waals surface area (Å²) in [6.45, 7) is 6.39. The average Bonchev–Trinajstić information content (AvgIpc) is 2.67. The van der Waals surface area contributed by atoms with E-state index in [0.29, 0.717) is 17.3 Å². The van der Waals surface area contributed by atoms with E-state index >= 15 is 0 Å². The summed E-state index contributed by atoms with van der Waals surface area (Å²) < 4.78 is 0. The summed E-state index contributed by atoms with van der Waals surface area (Å²) in [6, 6.07) is 5.66. The molecule has 25 heavy (non-hydrogen) atoms. The van der Waals surface area contributed by atoms with Crippen LogP contribution in [0.5, 0.6) is 0 Å². The maximum Gasteiger partial charge on any atom is 0.255 e. The predicted octanol–water partition coefficient (Wildman–Crippen LogP) is 1.59. The van der Waals surface area contributed by atoms with Crippen LogP contribution in [-0.4, -0.2) is 77.9 Å². The van der Waals surface area contributed by atoms with Crippen LogP contribution in [0.15, 0.2) is 18.3 Å². The molecular weight excluding hydrogens is 314 g/mol. The van der Waals surface area contributed by atoms with Crippen molar-refractivity contribution in [3.05, 3.63) is 29.6 Å². The first-order chi connectivity index (χ1) is 12.2. The van der Waals surface area contributed by atoms with Gasteiger partial charge in [-0.15, -0.1) is 0 Å². The fourth-order valence-corrected chi connectivity index (χ4v) is 3.72. The monoisotopic (exact) mass is 341 g/mol. The molecule has 0 radical (unpaired) electrons. The van der Waals surface area contributed by atoms with Gasteiger partial charge in [0.05, 0.1) is 5.56 Å². The number of piperazine rings is 1. The first-order valence-electron chi connectivity index (χ1n) is 9.25. The van der Waals surface area contributed by atoms with Crippen LogP contribution in [0, 0.1) is 11.3 Å². The van der Waals surface area contributed by atoms with Crippen molar-refractivity contribution < 1.29 is 4.79 Å². The number of pyridine rings is 1. The molecule has 2 aliphatic heterocycles. The molecule has 2 aliphatic rings. The Morgan fingerprint density at radius 3 is 2.72 bits per heavy atom. The van der Waals surface area contributed by atoms with Crippen LogP contribution in [0.1, 0.15) is 41.7 Å². The molecule has 1 aromatic heterocycles. The van der Waals surface area contributed by atoms with Gasteiger partial charge in [-0.25, -0.2) is 4.98 Å². The Kier molecular flexibility index (Phi) is 6.00. The van der Waals surface area contributed by atoms with Gasteiger partial charge < -0.3 is 14.7 Å². The summed E-state index contributed by atoms with van der Waals surface area (Å²) in [4.78, 5) is 23.8. The second kappa shape index (κ2) is 8.41. The molecule has 0 aliphatic carbocycles. The molecule has 0 spiro atoms. The molecule has 3 rings (SSSR count). The van der Waals surface area contributed by atoms with Crippen LogP contribution < -0.4 is 0 Å². The molecule has 6 heteroatoms. The smallest absolute Gasteiger partial charge is 0.255 e. The topological polar surface area (TPSA) is 63.5 Å². The number of amides is 1. The minimum Gasteiger partial charge on any atom is -0.336 e. The molecule has 0 aromatic carbocycles. The Balaban J connectivity index is 1.59. The van der Waals surface area contributed by atoms with Crippen LogP contribution in [0.2, 0.25) is 0 Å². The second-order valence-electron chi connectivity index (χ2n) is 7.13. The van der Waals surface area contributed by atoms with E-state index in [2.05, 4.69) is 21.8 Å². The number of nitriles is 1. The molecule has 3 heterocycles. The number of likely N-dealkylation sites (N-methyl/N-ethyl adjacent to an activating group) is 1. The summed E-state index contributed by atoms with van der Waals surface area (Å²) in [7, 11) is 2.17. The highest BCUT2D eigenvalue weighted by atomic mass is 16.2. The first-order valence-corrected chi connectivity index (χ1v) is 9.25. The van der Waals surface area contributed by atoms with Gasteiger partial charge in [0, 0.05) is 51.5 Å². The highest BCUT2D eigenvalue weighted by Gasteiger charge is 2.28. The predicted molar refractivity (Wildman–Crippen MR) is 96.2 cm³/mol. The normalized spacial score (nSPS) is 22.6. The van der Waals surface area contributed by atoms with E-state index in [-0.39, 0.29) is 5.91 Å². The summed E-state index contributed by atoms with van der Waals surface area (Å²) >= 11 is 0. The molecule has 6 nitrogen and oxygen atoms in total. The third-order valence-corrected chi connectivity index (χ3v) is 5.39. The van der Waals surface area contributed by atoms with Crippen molar-refractivity contribution >= 4 is 5.91 Å². The van der Waals surface area contributed by atoms with E-state index in [4.69, 9.17) is 5.26 Å². The fourth-order valence-electron chi connectivity index (χ4n) is 3.72. The van der Waals surface area contributed by atoms with Crippen LogP contribution in [-0.2, 0) is 0 Å². The Labute approximate surface area is 150 Å². The Morgan fingerprint density at radius 1 is 1.24 bits per heavy atom. The Morgan fingerprint density at radius 2 is 2.04 bits per heavy atom. The van der Waals surface area contributed by atoms with Crippen LogP contribution in [0.25, 0.3) is 0 Å². The lowest BCUT2D eigenvalue weighted by Gasteiger charge is -2.38. The van der Waals surface area contributed by atoms with Gasteiger partial charge in [0.2, 0.25) is 0 Å². The number of hydrogen-bond acceptors (Lipinski definition) is 5. The molecule has 0 N–H and O–H groups in total. The summed E-state index contributed by atoms with van der Waals surface area (Å²) in [5.74, 6) is 0.0556. The summed E-state index contributed by atoms with van der Waals surface area (Å²) in [5.41, 5.74) is 0.937. The van der Waals surface area contributed by atoms with E-state index in [9.17, 15) is 4.79 Å². The molecule has 0 saturated carbocycles. The molecule has 0 unspecified atom stereocenters. The highest BCUT2D eigenvalue weighted by Crippen LogP contribution is 2.22. The molecule has 2 fully saturated rings. The third kappa shape index (κ3) is 4.56. The van der Waals surface area contributed by atoms with Gasteiger partial charge in [0.1, 0.15) is 11.8 Å². The van der Waals surface area contributed by atoms with E-state index in [0.717, 1.165) is 58.5 Å². The minimum absolute atomic E-state index is 0.0556. The first kappa shape index (κ1) is 17.8. The number of piperidine rings is 1. The standard InChI is InChI=1S/C19H27N5O/c1-22-10-12-23(13-11-22)9-7-18-4-2-3-8-24(18)19(25)16-5-6-17(14-20)21-15-16/h5-6,15,18H,2-4,7-13H2,1H3/t18-/m0/s1. The summed E-state index contributed by atoms with van der Waals surface area (Å²) in [6.07, 6.45) is 5.93. The van der Waals surface area contributed by atoms with E-state index in [1.807, 2.05) is 11.0 Å². The van der Waals surface area contributed by atoms with Crippen LogP contribution in [0.4, 0.5) is 0 Å². The van der Waals surface area contributed by atoms with Crippen molar-refractivity contribution in [2.75, 3.05) is 46.3 Å². The highest BCUT2D eigenvalue weighted by molar-refractivity contribution is 5.94. The van der Waals surface area contributed by atoms with Gasteiger partial charge in [-0.05, 0) is 44.9 Å². The average molecular weight is 341 g/mol.